The van der Waals surface area contributed by atoms with Gasteiger partial charge in [0.25, 0.3) is 0 Å². The third kappa shape index (κ3) is 2.21. The monoisotopic (exact) mass is 214 g/mol. The minimum atomic E-state index is 0.153. The van der Waals surface area contributed by atoms with Crippen molar-refractivity contribution in [2.45, 2.75) is 34.1 Å². The number of fused-ring (bicyclic) bond motifs is 1. The summed E-state index contributed by atoms with van der Waals surface area (Å²) >= 11 is 0. The molecule has 0 spiro atoms. The zero-order valence-corrected chi connectivity index (χ0v) is 10.4. The third-order valence-corrected chi connectivity index (χ3v) is 2.81. The molecule has 2 nitrogen and oxygen atoms in total. The summed E-state index contributed by atoms with van der Waals surface area (Å²) < 4.78 is 0. The molecule has 0 saturated heterocycles. The van der Waals surface area contributed by atoms with Gasteiger partial charge >= 0.3 is 0 Å². The second-order valence-electron chi connectivity index (χ2n) is 5.41. The fraction of sp³-hybridized carbons (Fsp3) is 0.429. The highest BCUT2D eigenvalue weighted by Crippen LogP contribution is 2.31. The minimum absolute atomic E-state index is 0.153. The van der Waals surface area contributed by atoms with Crippen molar-refractivity contribution in [2.75, 3.05) is 0 Å². The summed E-state index contributed by atoms with van der Waals surface area (Å²) in [7, 11) is 0. The van der Waals surface area contributed by atoms with Crippen LogP contribution in [0.4, 0.5) is 0 Å². The Morgan fingerprint density at radius 1 is 1.06 bits per heavy atom. The number of rotatable bonds is 0. The molecule has 0 bridgehead atoms. The first-order chi connectivity index (χ1) is 7.47. The lowest BCUT2D eigenvalue weighted by atomic mass is 9.85. The highest BCUT2D eigenvalue weighted by molar-refractivity contribution is 5.59. The summed E-state index contributed by atoms with van der Waals surface area (Å²) in [5, 5.41) is 0. The van der Waals surface area contributed by atoms with E-state index >= 15 is 0 Å². The molecule has 0 unspecified atom stereocenters. The Bertz CT molecular complexity index is 462. The first-order valence-electron chi connectivity index (χ1n) is 5.66. The molecule has 2 heteroatoms. The Labute approximate surface area is 97.1 Å². The lowest BCUT2D eigenvalue weighted by Crippen LogP contribution is -2.07. The summed E-state index contributed by atoms with van der Waals surface area (Å²) in [5.74, 6) is 0. The Balaban J connectivity index is 2.55. The normalized spacial score (nSPS) is 16.0. The van der Waals surface area contributed by atoms with Crippen LogP contribution in [0.3, 0.4) is 0 Å². The number of aromatic nitrogens is 2. The maximum Gasteiger partial charge on any atom is 0.0851 e. The van der Waals surface area contributed by atoms with Gasteiger partial charge in [0.1, 0.15) is 0 Å². The quantitative estimate of drug-likeness (QED) is 0.661. The van der Waals surface area contributed by atoms with E-state index in [9.17, 15) is 0 Å². The third-order valence-electron chi connectivity index (χ3n) is 2.81. The zero-order valence-electron chi connectivity index (χ0n) is 10.4. The molecule has 0 amide bonds. The first kappa shape index (κ1) is 11.1. The van der Waals surface area contributed by atoms with Crippen LogP contribution in [0.1, 0.15) is 39.1 Å². The van der Waals surface area contributed by atoms with E-state index in [1.807, 2.05) is 0 Å². The van der Waals surface area contributed by atoms with Gasteiger partial charge in [0, 0.05) is 18.8 Å². The number of allylic oxidation sites excluding steroid dienone is 3. The SMILES string of the molecule is CC1=CC(C(C)(C)C)=Cc2nccnc2C1. The van der Waals surface area contributed by atoms with E-state index in [4.69, 9.17) is 0 Å². The highest BCUT2D eigenvalue weighted by Gasteiger charge is 2.19. The molecule has 0 fully saturated rings. The summed E-state index contributed by atoms with van der Waals surface area (Å²) in [6, 6.07) is 0. The van der Waals surface area contributed by atoms with Crippen molar-refractivity contribution >= 4 is 6.08 Å². The maximum atomic E-state index is 4.41. The Morgan fingerprint density at radius 2 is 1.75 bits per heavy atom. The smallest absolute Gasteiger partial charge is 0.0851 e. The van der Waals surface area contributed by atoms with Gasteiger partial charge in [-0.05, 0) is 24.0 Å². The summed E-state index contributed by atoms with van der Waals surface area (Å²) in [6.07, 6.45) is 8.86. The molecular formula is C14H18N2. The molecule has 1 aliphatic carbocycles. The van der Waals surface area contributed by atoms with E-state index in [1.54, 1.807) is 12.4 Å². The molecular weight excluding hydrogens is 196 g/mol. The van der Waals surface area contributed by atoms with Gasteiger partial charge in [0.2, 0.25) is 0 Å². The van der Waals surface area contributed by atoms with Crippen LogP contribution in [0.5, 0.6) is 0 Å². The number of hydrogen-bond acceptors (Lipinski definition) is 2. The molecule has 0 radical (unpaired) electrons. The van der Waals surface area contributed by atoms with Crippen molar-refractivity contribution in [1.29, 1.82) is 0 Å². The topological polar surface area (TPSA) is 25.8 Å². The molecule has 0 aliphatic heterocycles. The molecule has 1 heterocycles. The Hall–Kier alpha value is -1.44. The highest BCUT2D eigenvalue weighted by atomic mass is 14.8. The van der Waals surface area contributed by atoms with Crippen molar-refractivity contribution < 1.29 is 0 Å². The minimum Gasteiger partial charge on any atom is -0.257 e. The number of nitrogens with zero attached hydrogens (tertiary/aromatic N) is 2. The molecule has 0 aromatic carbocycles. The predicted octanol–water partition coefficient (Wildman–Crippen LogP) is 3.41. The lowest BCUT2D eigenvalue weighted by molar-refractivity contribution is 0.520. The van der Waals surface area contributed by atoms with Gasteiger partial charge in [-0.25, -0.2) is 0 Å². The Kier molecular flexibility index (Phi) is 2.66. The average molecular weight is 214 g/mol. The van der Waals surface area contributed by atoms with Crippen LogP contribution in [0.25, 0.3) is 6.08 Å². The van der Waals surface area contributed by atoms with Crippen molar-refractivity contribution in [1.82, 2.24) is 9.97 Å². The van der Waals surface area contributed by atoms with Crippen LogP contribution in [0.2, 0.25) is 0 Å². The zero-order chi connectivity index (χ0) is 11.8. The van der Waals surface area contributed by atoms with Gasteiger partial charge in [-0.3, -0.25) is 9.97 Å². The van der Waals surface area contributed by atoms with Crippen LogP contribution in [-0.4, -0.2) is 9.97 Å². The second kappa shape index (κ2) is 3.85. The van der Waals surface area contributed by atoms with Crippen LogP contribution < -0.4 is 0 Å². The van der Waals surface area contributed by atoms with E-state index in [2.05, 4.69) is 49.8 Å². The molecule has 0 atom stereocenters. The summed E-state index contributed by atoms with van der Waals surface area (Å²) in [5.41, 5.74) is 4.92. The molecule has 0 N–H and O–H groups in total. The maximum absolute atomic E-state index is 4.41. The van der Waals surface area contributed by atoms with Gasteiger partial charge in [-0.1, -0.05) is 32.4 Å². The predicted molar refractivity (Wildman–Crippen MR) is 66.9 cm³/mol. The largest absolute Gasteiger partial charge is 0.257 e. The van der Waals surface area contributed by atoms with Gasteiger partial charge < -0.3 is 0 Å². The van der Waals surface area contributed by atoms with E-state index in [0.717, 1.165) is 17.8 Å². The van der Waals surface area contributed by atoms with Gasteiger partial charge in [0.05, 0.1) is 11.4 Å². The van der Waals surface area contributed by atoms with E-state index in [1.165, 1.54) is 11.1 Å². The van der Waals surface area contributed by atoms with Crippen molar-refractivity contribution in [3.05, 3.63) is 41.0 Å². The van der Waals surface area contributed by atoms with E-state index < -0.39 is 0 Å². The molecule has 16 heavy (non-hydrogen) atoms. The second-order valence-corrected chi connectivity index (χ2v) is 5.41. The molecule has 2 rings (SSSR count). The van der Waals surface area contributed by atoms with Crippen molar-refractivity contribution in [3.8, 4) is 0 Å². The molecule has 0 saturated carbocycles. The molecule has 1 aromatic heterocycles. The van der Waals surface area contributed by atoms with Crippen LogP contribution >= 0.6 is 0 Å². The first-order valence-corrected chi connectivity index (χ1v) is 5.66. The van der Waals surface area contributed by atoms with Crippen LogP contribution in [-0.2, 0) is 6.42 Å². The van der Waals surface area contributed by atoms with Crippen molar-refractivity contribution in [3.63, 3.8) is 0 Å². The Morgan fingerprint density at radius 3 is 2.44 bits per heavy atom. The standard InChI is InChI=1S/C14H18N2/c1-10-7-11(14(2,3)4)9-13-12(8-10)15-5-6-16-13/h5-7,9H,8H2,1-4H3. The lowest BCUT2D eigenvalue weighted by Gasteiger charge is -2.20. The fourth-order valence-corrected chi connectivity index (χ4v) is 1.84. The van der Waals surface area contributed by atoms with E-state index in [0.29, 0.717) is 0 Å². The fourth-order valence-electron chi connectivity index (χ4n) is 1.84. The molecule has 1 aliphatic rings. The molecule has 84 valence electrons. The van der Waals surface area contributed by atoms with Gasteiger partial charge in [0.15, 0.2) is 0 Å². The van der Waals surface area contributed by atoms with Gasteiger partial charge in [-0.2, -0.15) is 0 Å². The number of hydrogen-bond donors (Lipinski definition) is 0. The van der Waals surface area contributed by atoms with Crippen LogP contribution in [0, 0.1) is 5.41 Å². The average Bonchev–Trinajstić information content (AvgIpc) is 2.34. The molecule has 1 aromatic rings. The van der Waals surface area contributed by atoms with E-state index in [-0.39, 0.29) is 5.41 Å². The summed E-state index contributed by atoms with van der Waals surface area (Å²) in [6.45, 7) is 8.83. The summed E-state index contributed by atoms with van der Waals surface area (Å²) in [4.78, 5) is 8.80. The van der Waals surface area contributed by atoms with Crippen molar-refractivity contribution in [2.24, 2.45) is 5.41 Å². The van der Waals surface area contributed by atoms with Crippen LogP contribution in [0.15, 0.2) is 29.6 Å². The van der Waals surface area contributed by atoms with Gasteiger partial charge in [-0.15, -0.1) is 0 Å².